The van der Waals surface area contributed by atoms with Crippen molar-refractivity contribution in [2.75, 3.05) is 6.54 Å². The van der Waals surface area contributed by atoms with E-state index >= 15 is 0 Å². The summed E-state index contributed by atoms with van der Waals surface area (Å²) in [5, 5.41) is 2.93. The number of phosphoric acid groups is 1. The summed E-state index contributed by atoms with van der Waals surface area (Å²) in [6.07, 6.45) is 5.35. The molecule has 2 amide bonds. The molecule has 0 saturated carbocycles. The zero-order valence-corrected chi connectivity index (χ0v) is 23.4. The van der Waals surface area contributed by atoms with Gasteiger partial charge in [-0.3, -0.25) is 19.4 Å². The molecule has 2 aromatic rings. The molecule has 204 valence electrons. The van der Waals surface area contributed by atoms with E-state index in [9.17, 15) is 14.2 Å². The number of rotatable bonds is 8. The molecule has 8 nitrogen and oxygen atoms in total. The van der Waals surface area contributed by atoms with E-state index in [1.807, 2.05) is 43.9 Å². The van der Waals surface area contributed by atoms with Gasteiger partial charge in [0.1, 0.15) is 11.8 Å². The predicted octanol–water partition coefficient (Wildman–Crippen LogP) is 5.19. The fraction of sp³-hybridized carbons (Fsp3) is 0.379. The van der Waals surface area contributed by atoms with Crippen molar-refractivity contribution >= 4 is 30.8 Å². The molecule has 1 aliphatic heterocycles. The molecule has 38 heavy (non-hydrogen) atoms. The highest BCUT2D eigenvalue weighted by atomic mass is 31.2. The van der Waals surface area contributed by atoms with Gasteiger partial charge in [0.05, 0.1) is 6.04 Å². The molecule has 1 heterocycles. The van der Waals surface area contributed by atoms with Gasteiger partial charge in [0.15, 0.2) is 0 Å². The Balaban J connectivity index is 1.75. The fourth-order valence-corrected chi connectivity index (χ4v) is 4.92. The zero-order valence-electron chi connectivity index (χ0n) is 22.5. The lowest BCUT2D eigenvalue weighted by molar-refractivity contribution is -0.138. The molecule has 2 atom stereocenters. The molecular weight excluding hydrogens is 503 g/mol. The van der Waals surface area contributed by atoms with Crippen LogP contribution in [0.3, 0.4) is 0 Å². The number of hydrogen-bond donors (Lipinski definition) is 3. The number of phosphoric ester groups is 1. The number of nitrogens with zero attached hydrogens (tertiary/aromatic N) is 1. The lowest BCUT2D eigenvalue weighted by atomic mass is 9.85. The molecular formula is C29H37N2O6P. The third-order valence-corrected chi connectivity index (χ3v) is 6.98. The molecule has 1 aliphatic rings. The molecule has 1 saturated heterocycles. The van der Waals surface area contributed by atoms with Crippen LogP contribution in [0.5, 0.6) is 5.75 Å². The van der Waals surface area contributed by atoms with E-state index in [0.29, 0.717) is 17.7 Å². The fourth-order valence-electron chi connectivity index (χ4n) is 4.52. The first-order valence-electron chi connectivity index (χ1n) is 12.6. The first kappa shape index (κ1) is 29.4. The SMILES string of the molecule is C/C(=C\[C@@H]1CCCN1C(=O)[C@@H](NC(=O)/C=C(\C)c1ccc(OP(=O)(O)O)cc1)C(C)(C)C)c1ccccc1. The Hall–Kier alpha value is -3.19. The average Bonchev–Trinajstić information content (AvgIpc) is 3.29. The lowest BCUT2D eigenvalue weighted by Crippen LogP contribution is -2.55. The maximum absolute atomic E-state index is 13.7. The van der Waals surface area contributed by atoms with Gasteiger partial charge in [-0.2, -0.15) is 0 Å². The van der Waals surface area contributed by atoms with Gasteiger partial charge in [0, 0.05) is 12.6 Å². The number of nitrogens with one attached hydrogen (secondary N) is 1. The monoisotopic (exact) mass is 540 g/mol. The van der Waals surface area contributed by atoms with Crippen LogP contribution in [0.2, 0.25) is 0 Å². The predicted molar refractivity (Wildman–Crippen MR) is 149 cm³/mol. The van der Waals surface area contributed by atoms with Crippen LogP contribution in [0.25, 0.3) is 11.1 Å². The standard InChI is InChI=1S/C29H37N2O6P/c1-20(22-10-7-6-8-11-22)18-24-12-9-17-31(24)28(33)27(29(3,4)5)30-26(32)19-21(2)23-13-15-25(16-14-23)37-38(34,35)36/h6-8,10-11,13-16,18-19,24,27H,9,12,17H2,1-5H3,(H,30,32)(H2,34,35,36)/b20-18+,21-19+/t24-,27+/m0/s1. The number of carbonyl (C=O) groups is 2. The van der Waals surface area contributed by atoms with Crippen molar-refractivity contribution < 1.29 is 28.5 Å². The maximum atomic E-state index is 13.7. The van der Waals surface area contributed by atoms with Crippen molar-refractivity contribution in [1.29, 1.82) is 0 Å². The van der Waals surface area contributed by atoms with Crippen LogP contribution in [0.4, 0.5) is 0 Å². The summed E-state index contributed by atoms with van der Waals surface area (Å²) in [5.41, 5.74) is 3.03. The van der Waals surface area contributed by atoms with Gasteiger partial charge in [0.25, 0.3) is 0 Å². The van der Waals surface area contributed by atoms with E-state index in [1.54, 1.807) is 19.1 Å². The lowest BCUT2D eigenvalue weighted by Gasteiger charge is -2.35. The van der Waals surface area contributed by atoms with Crippen LogP contribution >= 0.6 is 7.82 Å². The molecule has 0 aromatic heterocycles. The molecule has 2 aromatic carbocycles. The van der Waals surface area contributed by atoms with Crippen molar-refractivity contribution in [3.63, 3.8) is 0 Å². The normalized spacial score (nSPS) is 17.8. The number of carbonyl (C=O) groups excluding carboxylic acids is 2. The first-order valence-corrected chi connectivity index (χ1v) is 14.2. The molecule has 0 aliphatic carbocycles. The van der Waals surface area contributed by atoms with E-state index in [4.69, 9.17) is 9.79 Å². The Morgan fingerprint density at radius 3 is 2.21 bits per heavy atom. The zero-order chi connectivity index (χ0) is 28.1. The van der Waals surface area contributed by atoms with Crippen molar-refractivity contribution in [3.05, 3.63) is 77.9 Å². The van der Waals surface area contributed by atoms with Crippen LogP contribution in [0.15, 0.2) is 66.7 Å². The minimum Gasteiger partial charge on any atom is -0.404 e. The highest BCUT2D eigenvalue weighted by Gasteiger charge is 2.39. The minimum atomic E-state index is -4.65. The van der Waals surface area contributed by atoms with Crippen LogP contribution in [-0.2, 0) is 14.2 Å². The van der Waals surface area contributed by atoms with Gasteiger partial charge >= 0.3 is 7.82 Å². The Bertz CT molecular complexity index is 1240. The van der Waals surface area contributed by atoms with Gasteiger partial charge in [0.2, 0.25) is 11.8 Å². The largest absolute Gasteiger partial charge is 0.524 e. The second kappa shape index (κ2) is 12.1. The Morgan fingerprint density at radius 1 is 1.03 bits per heavy atom. The van der Waals surface area contributed by atoms with Crippen molar-refractivity contribution in [3.8, 4) is 5.75 Å². The van der Waals surface area contributed by atoms with Gasteiger partial charge in [-0.25, -0.2) is 4.57 Å². The highest BCUT2D eigenvalue weighted by molar-refractivity contribution is 7.46. The number of likely N-dealkylation sites (tertiary alicyclic amines) is 1. The smallest absolute Gasteiger partial charge is 0.404 e. The van der Waals surface area contributed by atoms with E-state index in [-0.39, 0.29) is 17.7 Å². The second-order valence-electron chi connectivity index (χ2n) is 10.7. The van der Waals surface area contributed by atoms with Gasteiger partial charge in [-0.1, -0.05) is 69.3 Å². The maximum Gasteiger partial charge on any atom is 0.524 e. The van der Waals surface area contributed by atoms with Crippen molar-refractivity contribution in [2.45, 2.75) is 59.5 Å². The summed E-state index contributed by atoms with van der Waals surface area (Å²) in [5.74, 6) is -0.469. The van der Waals surface area contributed by atoms with Crippen LogP contribution < -0.4 is 9.84 Å². The summed E-state index contributed by atoms with van der Waals surface area (Å²) >= 11 is 0. The minimum absolute atomic E-state index is 0.0226. The van der Waals surface area contributed by atoms with E-state index in [2.05, 4.69) is 35.0 Å². The molecule has 0 spiro atoms. The van der Waals surface area contributed by atoms with E-state index in [1.165, 1.54) is 18.2 Å². The van der Waals surface area contributed by atoms with Crippen molar-refractivity contribution in [1.82, 2.24) is 10.2 Å². The highest BCUT2D eigenvalue weighted by Crippen LogP contribution is 2.37. The number of allylic oxidation sites excluding steroid dienone is 2. The summed E-state index contributed by atoms with van der Waals surface area (Å²) in [4.78, 5) is 46.5. The quantitative estimate of drug-likeness (QED) is 0.314. The van der Waals surface area contributed by atoms with Crippen LogP contribution in [0, 0.1) is 5.41 Å². The number of benzene rings is 2. The van der Waals surface area contributed by atoms with Gasteiger partial charge in [-0.05, 0) is 66.5 Å². The summed E-state index contributed by atoms with van der Waals surface area (Å²) in [6, 6.07) is 15.4. The first-order chi connectivity index (χ1) is 17.7. The Morgan fingerprint density at radius 2 is 1.63 bits per heavy atom. The molecule has 0 bridgehead atoms. The molecule has 1 fully saturated rings. The summed E-state index contributed by atoms with van der Waals surface area (Å²) in [6.45, 7) is 10.2. The number of amides is 2. The summed E-state index contributed by atoms with van der Waals surface area (Å²) in [7, 11) is -4.65. The van der Waals surface area contributed by atoms with Gasteiger partial charge in [-0.15, -0.1) is 0 Å². The molecule has 3 rings (SSSR count). The van der Waals surface area contributed by atoms with E-state index in [0.717, 1.165) is 24.0 Å². The Labute approximate surface area is 224 Å². The third-order valence-electron chi connectivity index (χ3n) is 6.53. The molecule has 0 unspecified atom stereocenters. The van der Waals surface area contributed by atoms with Gasteiger partial charge < -0.3 is 14.7 Å². The number of hydrogen-bond acceptors (Lipinski definition) is 4. The van der Waals surface area contributed by atoms with Crippen molar-refractivity contribution in [2.24, 2.45) is 5.41 Å². The molecule has 9 heteroatoms. The third kappa shape index (κ3) is 8.15. The topological polar surface area (TPSA) is 116 Å². The Kier molecular flexibility index (Phi) is 9.36. The molecule has 3 N–H and O–H groups in total. The summed E-state index contributed by atoms with van der Waals surface area (Å²) < 4.78 is 15.6. The molecule has 0 radical (unpaired) electrons. The second-order valence-corrected chi connectivity index (χ2v) is 11.9. The van der Waals surface area contributed by atoms with E-state index < -0.39 is 25.2 Å². The van der Waals surface area contributed by atoms with Crippen LogP contribution in [-0.4, -0.2) is 45.1 Å². The average molecular weight is 541 g/mol. The van der Waals surface area contributed by atoms with Crippen LogP contribution in [0.1, 0.15) is 58.6 Å².